The summed E-state index contributed by atoms with van der Waals surface area (Å²) in [5.74, 6) is 0.991. The number of methoxy groups -OCH3 is 2. The summed E-state index contributed by atoms with van der Waals surface area (Å²) in [6, 6.07) is 9.84. The third-order valence-corrected chi connectivity index (χ3v) is 9.41. The summed E-state index contributed by atoms with van der Waals surface area (Å²) in [5, 5.41) is 0.515. The van der Waals surface area contributed by atoms with Crippen molar-refractivity contribution in [2.24, 2.45) is 0 Å². The highest BCUT2D eigenvalue weighted by Crippen LogP contribution is 2.40. The van der Waals surface area contributed by atoms with Crippen molar-refractivity contribution in [3.05, 3.63) is 42.0 Å². The zero-order chi connectivity index (χ0) is 28.6. The average molecular weight is 613 g/mol. The number of fused-ring (bicyclic) bond motifs is 1. The number of likely N-dealkylation sites (N-methyl/N-ethyl adjacent to an activating group) is 1. The zero-order valence-corrected chi connectivity index (χ0v) is 26.6. The molecule has 0 N–H and O–H groups in total. The molecule has 0 saturated heterocycles. The van der Waals surface area contributed by atoms with Gasteiger partial charge in [0.25, 0.3) is 5.91 Å². The molecule has 1 amide bonds. The third kappa shape index (κ3) is 7.85. The molecule has 0 bridgehead atoms. The fraction of sp³-hybridized carbons (Fsp3) is 0.500. The monoisotopic (exact) mass is 612 g/mol. The number of amides is 1. The second-order valence-corrected chi connectivity index (χ2v) is 12.5. The second kappa shape index (κ2) is 15.5. The first-order valence-electron chi connectivity index (χ1n) is 13.3. The van der Waals surface area contributed by atoms with Crippen LogP contribution in [-0.2, 0) is 10.0 Å². The molecule has 12 heteroatoms. The highest BCUT2D eigenvalue weighted by Gasteiger charge is 2.26. The molecule has 0 aliphatic rings. The Bertz CT molecular complexity index is 1300. The number of carbonyl (C=O) groups excluding carboxylic acids is 1. The summed E-state index contributed by atoms with van der Waals surface area (Å²) >= 11 is 1.36. The van der Waals surface area contributed by atoms with Gasteiger partial charge in [-0.3, -0.25) is 9.69 Å². The molecule has 0 spiro atoms. The minimum atomic E-state index is -3.65. The van der Waals surface area contributed by atoms with Gasteiger partial charge in [-0.25, -0.2) is 13.4 Å². The number of hydrogen-bond donors (Lipinski definition) is 0. The summed E-state index contributed by atoms with van der Waals surface area (Å²) in [4.78, 5) is 22.3. The maximum absolute atomic E-state index is 13.8. The topological polar surface area (TPSA) is 92.3 Å². The Labute approximate surface area is 248 Å². The fourth-order valence-corrected chi connectivity index (χ4v) is 6.69. The second-order valence-electron chi connectivity index (χ2n) is 9.54. The molecule has 0 saturated carbocycles. The van der Waals surface area contributed by atoms with Crippen molar-refractivity contribution in [2.75, 3.05) is 59.4 Å². The Kier molecular flexibility index (Phi) is 13.1. The minimum Gasteiger partial charge on any atom is -0.495 e. The van der Waals surface area contributed by atoms with Crippen molar-refractivity contribution in [3.8, 4) is 11.5 Å². The van der Waals surface area contributed by atoms with Crippen molar-refractivity contribution >= 4 is 55.0 Å². The number of aromatic nitrogens is 1. The molecule has 222 valence electrons. The van der Waals surface area contributed by atoms with Crippen LogP contribution in [0.2, 0.25) is 0 Å². The van der Waals surface area contributed by atoms with E-state index in [1.165, 1.54) is 23.5 Å². The van der Waals surface area contributed by atoms with Gasteiger partial charge in [0.15, 0.2) is 5.13 Å². The van der Waals surface area contributed by atoms with Crippen LogP contribution in [-0.4, -0.2) is 83.0 Å². The number of halogens is 1. The summed E-state index contributed by atoms with van der Waals surface area (Å²) in [6.07, 6.45) is 3.44. The lowest BCUT2D eigenvalue weighted by Gasteiger charge is -2.23. The molecule has 0 fully saturated rings. The Balaban J connectivity index is 0.00000560. The van der Waals surface area contributed by atoms with E-state index in [-0.39, 0.29) is 23.2 Å². The number of carbonyl (C=O) groups is 1. The molecule has 0 unspecified atom stereocenters. The van der Waals surface area contributed by atoms with Crippen LogP contribution in [0, 0.1) is 0 Å². The van der Waals surface area contributed by atoms with Gasteiger partial charge in [0.05, 0.1) is 19.1 Å². The lowest BCUT2D eigenvalue weighted by Crippen LogP contribution is -2.37. The van der Waals surface area contributed by atoms with Gasteiger partial charge in [0.1, 0.15) is 21.7 Å². The maximum Gasteiger partial charge on any atom is 0.260 e. The van der Waals surface area contributed by atoms with Crippen LogP contribution in [0.3, 0.4) is 0 Å². The fourth-order valence-electron chi connectivity index (χ4n) is 4.07. The van der Waals surface area contributed by atoms with Crippen molar-refractivity contribution in [3.63, 3.8) is 0 Å². The van der Waals surface area contributed by atoms with Crippen LogP contribution in [0.4, 0.5) is 5.13 Å². The van der Waals surface area contributed by atoms with E-state index in [9.17, 15) is 13.2 Å². The molecule has 1 heterocycles. The first kappa shape index (κ1) is 33.8. The van der Waals surface area contributed by atoms with E-state index in [2.05, 4.69) is 0 Å². The van der Waals surface area contributed by atoms with Crippen LogP contribution < -0.4 is 14.4 Å². The number of anilines is 1. The van der Waals surface area contributed by atoms with Gasteiger partial charge in [0.2, 0.25) is 10.0 Å². The summed E-state index contributed by atoms with van der Waals surface area (Å²) < 4.78 is 40.1. The van der Waals surface area contributed by atoms with Crippen LogP contribution in [0.1, 0.15) is 49.9 Å². The molecular formula is C28H41ClN4O5S2. The highest BCUT2D eigenvalue weighted by molar-refractivity contribution is 7.89. The smallest absolute Gasteiger partial charge is 0.260 e. The van der Waals surface area contributed by atoms with E-state index >= 15 is 0 Å². The minimum absolute atomic E-state index is 0. The van der Waals surface area contributed by atoms with Crippen LogP contribution in [0.5, 0.6) is 11.5 Å². The molecular weight excluding hydrogens is 572 g/mol. The molecule has 9 nitrogen and oxygen atoms in total. The quantitative estimate of drug-likeness (QED) is 0.223. The number of unbranched alkanes of at least 4 members (excludes halogenated alkanes) is 2. The van der Waals surface area contributed by atoms with E-state index in [1.54, 1.807) is 41.6 Å². The third-order valence-electron chi connectivity index (χ3n) is 6.41. The average Bonchev–Trinajstić information content (AvgIpc) is 3.37. The van der Waals surface area contributed by atoms with Crippen LogP contribution in [0.25, 0.3) is 10.2 Å². The van der Waals surface area contributed by atoms with Crippen molar-refractivity contribution in [1.82, 2.24) is 14.2 Å². The Morgan fingerprint density at radius 1 is 0.875 bits per heavy atom. The largest absolute Gasteiger partial charge is 0.495 e. The molecule has 3 aromatic rings. The van der Waals surface area contributed by atoms with Gasteiger partial charge in [-0.1, -0.05) is 38.0 Å². The molecule has 0 aliphatic carbocycles. The first-order valence-corrected chi connectivity index (χ1v) is 15.5. The van der Waals surface area contributed by atoms with E-state index in [1.807, 2.05) is 38.9 Å². The van der Waals surface area contributed by atoms with Crippen LogP contribution >= 0.6 is 23.7 Å². The predicted molar refractivity (Wildman–Crippen MR) is 165 cm³/mol. The van der Waals surface area contributed by atoms with Gasteiger partial charge in [-0.15, -0.1) is 12.4 Å². The number of sulfonamides is 1. The molecule has 1 aromatic heterocycles. The van der Waals surface area contributed by atoms with Gasteiger partial charge in [-0.05, 0) is 63.3 Å². The number of ether oxygens (including phenoxy) is 2. The molecule has 3 rings (SSSR count). The number of hydrogen-bond acceptors (Lipinski definition) is 8. The van der Waals surface area contributed by atoms with E-state index < -0.39 is 10.0 Å². The Hall–Kier alpha value is -2.44. The van der Waals surface area contributed by atoms with Gasteiger partial charge in [0, 0.05) is 31.7 Å². The number of benzene rings is 2. The van der Waals surface area contributed by atoms with Crippen molar-refractivity contribution < 1.29 is 22.7 Å². The molecule has 0 aliphatic heterocycles. The van der Waals surface area contributed by atoms with E-state index in [0.717, 1.165) is 30.4 Å². The van der Waals surface area contributed by atoms with Crippen LogP contribution in [0.15, 0.2) is 41.3 Å². The lowest BCUT2D eigenvalue weighted by molar-refractivity contribution is 0.0985. The van der Waals surface area contributed by atoms with Gasteiger partial charge < -0.3 is 14.4 Å². The molecule has 0 radical (unpaired) electrons. The van der Waals surface area contributed by atoms with E-state index in [4.69, 9.17) is 14.5 Å². The first-order chi connectivity index (χ1) is 18.7. The lowest BCUT2D eigenvalue weighted by atomic mass is 10.2. The summed E-state index contributed by atoms with van der Waals surface area (Å²) in [6.45, 7) is 6.09. The molecule has 40 heavy (non-hydrogen) atoms. The summed E-state index contributed by atoms with van der Waals surface area (Å²) in [7, 11) is 3.40. The highest BCUT2D eigenvalue weighted by atomic mass is 35.5. The normalized spacial score (nSPS) is 11.6. The SMILES string of the molecule is CCCCN(CCCC)S(=O)(=O)c1ccc(C(=O)N(CCN(C)C)c2nc3c(OC)ccc(OC)c3s2)cc1.Cl. The van der Waals surface area contributed by atoms with Crippen molar-refractivity contribution in [1.29, 1.82) is 0 Å². The number of nitrogens with zero attached hydrogens (tertiary/aromatic N) is 4. The predicted octanol–water partition coefficient (Wildman–Crippen LogP) is 5.53. The number of rotatable bonds is 15. The van der Waals surface area contributed by atoms with E-state index in [0.29, 0.717) is 53.9 Å². The zero-order valence-electron chi connectivity index (χ0n) is 24.2. The van der Waals surface area contributed by atoms with Gasteiger partial charge >= 0.3 is 0 Å². The standard InChI is InChI=1S/C28H40N4O5S2.ClH/c1-7-9-17-31(18-10-8-2)39(34,35)22-13-11-21(12-14-22)27(33)32(20-19-30(3)4)28-29-25-23(36-5)15-16-24(37-6)26(25)38-28;/h11-16H,7-10,17-20H2,1-6H3;1H. The summed E-state index contributed by atoms with van der Waals surface area (Å²) in [5.41, 5.74) is 1.01. The number of thiazole rings is 1. The van der Waals surface area contributed by atoms with Crippen molar-refractivity contribution in [2.45, 2.75) is 44.4 Å². The Morgan fingerprint density at radius 3 is 1.98 bits per heavy atom. The molecule has 0 atom stereocenters. The Morgan fingerprint density at radius 2 is 1.45 bits per heavy atom. The molecule has 2 aromatic carbocycles. The van der Waals surface area contributed by atoms with Gasteiger partial charge in [-0.2, -0.15) is 4.31 Å². The maximum atomic E-state index is 13.8.